The second kappa shape index (κ2) is 10.1. The van der Waals surface area contributed by atoms with Gasteiger partial charge < -0.3 is 14.6 Å². The third kappa shape index (κ3) is 6.02. The lowest BCUT2D eigenvalue weighted by atomic mass is 9.61. The standard InChI is InChI=1S/C30H49BN2O3/c1-27(2,3)32-26(34)30(8)19-22(15-17-31-35-28(4,5)29(6,7)36-31)13-14-25(30)21-33-18-16-23-11-9-10-12-24(23)20-33/h9-12,22,25H,13-21H2,1-8H3,(H,32,34)/t22-,25-,30-/m0/s1. The van der Waals surface area contributed by atoms with E-state index >= 15 is 0 Å². The number of amides is 1. The molecule has 1 N–H and O–H groups in total. The zero-order valence-electron chi connectivity index (χ0n) is 24.1. The van der Waals surface area contributed by atoms with Crippen LogP contribution in [0.3, 0.4) is 0 Å². The van der Waals surface area contributed by atoms with E-state index in [2.05, 4.69) is 89.9 Å². The summed E-state index contributed by atoms with van der Waals surface area (Å²) in [6.45, 7) is 20.0. The fourth-order valence-corrected chi connectivity index (χ4v) is 6.40. The molecule has 4 rings (SSSR count). The summed E-state index contributed by atoms with van der Waals surface area (Å²) in [4.78, 5) is 16.4. The SMILES string of the molecule is CC(C)(C)NC(=O)[C@@]1(C)C[C@H](CCB2OC(C)(C)C(C)(C)O2)CC[C@H]1CN1CCc2ccccc2C1. The molecule has 0 bridgehead atoms. The van der Waals surface area contributed by atoms with Crippen LogP contribution in [0.15, 0.2) is 24.3 Å². The van der Waals surface area contributed by atoms with Crippen LogP contribution < -0.4 is 5.32 Å². The van der Waals surface area contributed by atoms with Crippen molar-refractivity contribution in [3.05, 3.63) is 35.4 Å². The number of hydrogen-bond acceptors (Lipinski definition) is 4. The lowest BCUT2D eigenvalue weighted by Gasteiger charge is -2.47. The smallest absolute Gasteiger partial charge is 0.403 e. The van der Waals surface area contributed by atoms with Crippen molar-refractivity contribution >= 4 is 13.0 Å². The predicted molar refractivity (Wildman–Crippen MR) is 148 cm³/mol. The summed E-state index contributed by atoms with van der Waals surface area (Å²) in [6.07, 6.45) is 6.24. The van der Waals surface area contributed by atoms with Gasteiger partial charge in [-0.3, -0.25) is 9.69 Å². The van der Waals surface area contributed by atoms with Crippen molar-refractivity contribution in [2.75, 3.05) is 13.1 Å². The Balaban J connectivity index is 1.43. The molecule has 6 heteroatoms. The van der Waals surface area contributed by atoms with E-state index in [1.807, 2.05) is 0 Å². The fourth-order valence-electron chi connectivity index (χ4n) is 6.40. The van der Waals surface area contributed by atoms with Crippen molar-refractivity contribution in [3.63, 3.8) is 0 Å². The van der Waals surface area contributed by atoms with E-state index in [9.17, 15) is 4.79 Å². The number of fused-ring (bicyclic) bond motifs is 1. The highest BCUT2D eigenvalue weighted by atomic mass is 16.7. The average Bonchev–Trinajstić information content (AvgIpc) is 2.99. The molecule has 1 amide bonds. The molecule has 36 heavy (non-hydrogen) atoms. The first-order chi connectivity index (χ1) is 16.7. The lowest BCUT2D eigenvalue weighted by molar-refractivity contribution is -0.139. The Hall–Kier alpha value is -1.37. The van der Waals surface area contributed by atoms with E-state index in [4.69, 9.17) is 9.31 Å². The number of carbonyl (C=O) groups is 1. The van der Waals surface area contributed by atoms with Gasteiger partial charge in [-0.1, -0.05) is 44.0 Å². The van der Waals surface area contributed by atoms with Crippen LogP contribution in [0.2, 0.25) is 6.32 Å². The minimum Gasteiger partial charge on any atom is -0.403 e. The lowest BCUT2D eigenvalue weighted by Crippen LogP contribution is -2.55. The molecule has 1 saturated heterocycles. The molecule has 0 spiro atoms. The highest BCUT2D eigenvalue weighted by molar-refractivity contribution is 6.45. The minimum atomic E-state index is -0.372. The van der Waals surface area contributed by atoms with Crippen molar-refractivity contribution in [3.8, 4) is 0 Å². The number of carbonyl (C=O) groups excluding carboxylic acids is 1. The first-order valence-electron chi connectivity index (χ1n) is 14.2. The number of nitrogens with one attached hydrogen (secondary N) is 1. The molecule has 0 unspecified atom stereocenters. The van der Waals surface area contributed by atoms with Crippen LogP contribution in [0.5, 0.6) is 0 Å². The second-order valence-electron chi connectivity index (χ2n) is 14.0. The predicted octanol–water partition coefficient (Wildman–Crippen LogP) is 5.86. The Kier molecular flexibility index (Phi) is 7.74. The van der Waals surface area contributed by atoms with Gasteiger partial charge in [0.15, 0.2) is 0 Å². The maximum atomic E-state index is 13.8. The van der Waals surface area contributed by atoms with E-state index in [1.165, 1.54) is 17.5 Å². The van der Waals surface area contributed by atoms with Crippen LogP contribution in [0.25, 0.3) is 0 Å². The van der Waals surface area contributed by atoms with E-state index < -0.39 is 0 Å². The van der Waals surface area contributed by atoms with Crippen LogP contribution in [-0.4, -0.2) is 47.8 Å². The van der Waals surface area contributed by atoms with Gasteiger partial charge in [-0.2, -0.15) is 0 Å². The van der Waals surface area contributed by atoms with Gasteiger partial charge in [0.25, 0.3) is 0 Å². The van der Waals surface area contributed by atoms with E-state index in [1.54, 1.807) is 0 Å². The minimum absolute atomic E-state index is 0.157. The highest BCUT2D eigenvalue weighted by Crippen LogP contribution is 2.47. The molecule has 2 fully saturated rings. The second-order valence-corrected chi connectivity index (χ2v) is 14.0. The molecular weight excluding hydrogens is 447 g/mol. The molecule has 2 heterocycles. The molecule has 0 aromatic heterocycles. The molecule has 0 radical (unpaired) electrons. The number of benzene rings is 1. The Bertz CT molecular complexity index is 924. The van der Waals surface area contributed by atoms with Gasteiger partial charge in [-0.15, -0.1) is 0 Å². The van der Waals surface area contributed by atoms with Gasteiger partial charge in [-0.05, 0) is 97.0 Å². The molecule has 3 atom stereocenters. The first kappa shape index (κ1) is 27.7. The summed E-state index contributed by atoms with van der Waals surface area (Å²) >= 11 is 0. The fraction of sp³-hybridized carbons (Fsp3) is 0.767. The normalized spacial score (nSPS) is 30.2. The third-order valence-corrected chi connectivity index (χ3v) is 9.35. The third-order valence-electron chi connectivity index (χ3n) is 9.35. The van der Waals surface area contributed by atoms with Crippen LogP contribution in [0, 0.1) is 17.3 Å². The summed E-state index contributed by atoms with van der Waals surface area (Å²) in [5.74, 6) is 1.09. The Morgan fingerprint density at radius 1 is 1.06 bits per heavy atom. The first-order valence-corrected chi connectivity index (χ1v) is 14.2. The van der Waals surface area contributed by atoms with E-state index in [0.29, 0.717) is 11.8 Å². The van der Waals surface area contributed by atoms with E-state index in [-0.39, 0.29) is 35.2 Å². The topological polar surface area (TPSA) is 50.8 Å². The van der Waals surface area contributed by atoms with Crippen molar-refractivity contribution in [2.24, 2.45) is 17.3 Å². The van der Waals surface area contributed by atoms with Crippen molar-refractivity contribution in [1.82, 2.24) is 10.2 Å². The van der Waals surface area contributed by atoms with Crippen molar-refractivity contribution in [2.45, 2.75) is 117 Å². The van der Waals surface area contributed by atoms with Gasteiger partial charge in [-0.25, -0.2) is 0 Å². The Morgan fingerprint density at radius 2 is 1.69 bits per heavy atom. The maximum absolute atomic E-state index is 13.8. The molecule has 5 nitrogen and oxygen atoms in total. The largest absolute Gasteiger partial charge is 0.457 e. The molecule has 1 aromatic carbocycles. The van der Waals surface area contributed by atoms with E-state index in [0.717, 1.165) is 51.6 Å². The van der Waals surface area contributed by atoms with Gasteiger partial charge in [0.05, 0.1) is 16.6 Å². The summed E-state index contributed by atoms with van der Waals surface area (Å²) in [6, 6.07) is 8.82. The Morgan fingerprint density at radius 3 is 2.33 bits per heavy atom. The number of hydrogen-bond donors (Lipinski definition) is 1. The molecule has 2 aliphatic heterocycles. The number of rotatable bonds is 6. The monoisotopic (exact) mass is 496 g/mol. The molecule has 1 aromatic rings. The molecule has 3 aliphatic rings. The number of nitrogens with zero attached hydrogens (tertiary/aromatic N) is 1. The summed E-state index contributed by atoms with van der Waals surface area (Å²) in [5.41, 5.74) is 1.74. The zero-order chi connectivity index (χ0) is 26.4. The average molecular weight is 497 g/mol. The van der Waals surface area contributed by atoms with Crippen molar-refractivity contribution < 1.29 is 14.1 Å². The van der Waals surface area contributed by atoms with Crippen LogP contribution in [0.1, 0.15) is 92.2 Å². The van der Waals surface area contributed by atoms with Crippen LogP contribution >= 0.6 is 0 Å². The molecule has 1 aliphatic carbocycles. The molecular formula is C30H49BN2O3. The summed E-state index contributed by atoms with van der Waals surface area (Å²) < 4.78 is 12.5. The Labute approximate surface area is 220 Å². The maximum Gasteiger partial charge on any atom is 0.457 e. The van der Waals surface area contributed by atoms with Gasteiger partial charge >= 0.3 is 7.12 Å². The van der Waals surface area contributed by atoms with Crippen LogP contribution in [-0.2, 0) is 27.1 Å². The van der Waals surface area contributed by atoms with Gasteiger partial charge in [0, 0.05) is 25.2 Å². The molecule has 200 valence electrons. The highest BCUT2D eigenvalue weighted by Gasteiger charge is 2.52. The van der Waals surface area contributed by atoms with Crippen molar-refractivity contribution in [1.29, 1.82) is 0 Å². The zero-order valence-corrected chi connectivity index (χ0v) is 24.1. The quantitative estimate of drug-likeness (QED) is 0.501. The summed E-state index contributed by atoms with van der Waals surface area (Å²) in [5, 5.41) is 3.34. The van der Waals surface area contributed by atoms with Gasteiger partial charge in [0.2, 0.25) is 5.91 Å². The van der Waals surface area contributed by atoms with Crippen LogP contribution in [0.4, 0.5) is 0 Å². The summed E-state index contributed by atoms with van der Waals surface area (Å²) in [7, 11) is -0.157. The molecule has 1 saturated carbocycles. The van der Waals surface area contributed by atoms with Gasteiger partial charge in [0.1, 0.15) is 0 Å².